The van der Waals surface area contributed by atoms with Gasteiger partial charge in [0.15, 0.2) is 0 Å². The third kappa shape index (κ3) is 6.33. The van der Waals surface area contributed by atoms with Crippen molar-refractivity contribution < 1.29 is 40.3 Å². The molecule has 0 radical (unpaired) electrons. The van der Waals surface area contributed by atoms with Gasteiger partial charge in [-0.1, -0.05) is 0 Å². The molecule has 2 saturated heterocycles. The summed E-state index contributed by atoms with van der Waals surface area (Å²) in [6.07, 6.45) is -3.31. The summed E-state index contributed by atoms with van der Waals surface area (Å²) >= 11 is 0. The van der Waals surface area contributed by atoms with Crippen LogP contribution in [0.15, 0.2) is 33.5 Å². The summed E-state index contributed by atoms with van der Waals surface area (Å²) < 4.78 is 82.5. The minimum absolute atomic E-state index is 0.128. The van der Waals surface area contributed by atoms with E-state index in [4.69, 9.17) is 9.15 Å². The highest BCUT2D eigenvalue weighted by Crippen LogP contribution is 2.49. The van der Waals surface area contributed by atoms with Gasteiger partial charge in [0.25, 0.3) is 11.8 Å². The van der Waals surface area contributed by atoms with E-state index in [9.17, 15) is 36.0 Å². The molecule has 2 amide bonds. The number of aryl methyl sites for hydroxylation is 1. The van der Waals surface area contributed by atoms with E-state index < -0.39 is 49.5 Å². The number of ether oxygens (including phenoxy) is 1. The fraction of sp³-hybridized carbons (Fsp3) is 0.553. The van der Waals surface area contributed by atoms with Crippen molar-refractivity contribution in [2.75, 3.05) is 69.8 Å². The van der Waals surface area contributed by atoms with Crippen molar-refractivity contribution in [3.8, 4) is 0 Å². The maximum Gasteiger partial charge on any atom is 0.417 e. The molecule has 0 bridgehead atoms. The number of sulfonamides is 1. The summed E-state index contributed by atoms with van der Waals surface area (Å²) in [7, 11) is -0.512. The van der Waals surface area contributed by atoms with E-state index in [-0.39, 0.29) is 67.0 Å². The van der Waals surface area contributed by atoms with Gasteiger partial charge in [0.1, 0.15) is 5.58 Å². The average Bonchev–Trinajstić information content (AvgIpc) is 4.04. The number of fused-ring (bicyclic) bond motifs is 4. The fourth-order valence-electron chi connectivity index (χ4n) is 8.49. The number of methoxy groups -OCH3 is 1. The van der Waals surface area contributed by atoms with E-state index in [1.165, 1.54) is 17.9 Å². The van der Waals surface area contributed by atoms with Gasteiger partial charge < -0.3 is 23.9 Å². The summed E-state index contributed by atoms with van der Waals surface area (Å²) in [4.78, 5) is 48.7. The highest BCUT2D eigenvalue weighted by molar-refractivity contribution is 7.91. The molecule has 2 unspecified atom stereocenters. The van der Waals surface area contributed by atoms with Gasteiger partial charge in [0.05, 0.1) is 46.3 Å². The number of nitrogens with zero attached hydrogens (tertiary/aromatic N) is 4. The van der Waals surface area contributed by atoms with Gasteiger partial charge in [0.2, 0.25) is 10.0 Å². The number of likely N-dealkylation sites (N-methyl/N-ethyl adjacent to an activating group) is 1. The van der Waals surface area contributed by atoms with Gasteiger partial charge >= 0.3 is 11.8 Å². The SMILES string of the molecule is COC[C@H]1CN(c2ccc3c4c(c(=O)oc3c2C)CN(C(=O)c2cc(N3CC5CC5C3)c(C(=O)NS(=O)(=O)C3(C)CC3)c(C(F)(F)F)c2)CC4)CCN1C. The Kier molecular flexibility index (Phi) is 8.84. The van der Waals surface area contributed by atoms with Crippen LogP contribution in [-0.2, 0) is 33.9 Å². The van der Waals surface area contributed by atoms with Crippen molar-refractivity contribution in [2.45, 2.75) is 63.0 Å². The molecule has 2 saturated carbocycles. The van der Waals surface area contributed by atoms with Crippen LogP contribution in [-0.4, -0.2) is 101 Å². The largest absolute Gasteiger partial charge is 0.422 e. The van der Waals surface area contributed by atoms with Crippen LogP contribution in [0.4, 0.5) is 24.5 Å². The number of carbonyl (C=O) groups excluding carboxylic acids is 2. The van der Waals surface area contributed by atoms with Gasteiger partial charge in [-0.05, 0) is 88.2 Å². The lowest BCUT2D eigenvalue weighted by Crippen LogP contribution is -2.53. The minimum atomic E-state index is -5.09. The number of piperidine rings is 1. The molecule has 8 rings (SSSR count). The zero-order valence-corrected chi connectivity index (χ0v) is 31.5. The monoisotopic (exact) mass is 771 g/mol. The highest BCUT2D eigenvalue weighted by Gasteiger charge is 2.52. The van der Waals surface area contributed by atoms with Gasteiger partial charge in [0, 0.05) is 68.6 Å². The van der Waals surface area contributed by atoms with Crippen molar-refractivity contribution in [3.05, 3.63) is 68.1 Å². The maximum atomic E-state index is 14.8. The van der Waals surface area contributed by atoms with Crippen LogP contribution in [0.1, 0.15) is 69.2 Å². The van der Waals surface area contributed by atoms with E-state index in [2.05, 4.69) is 16.8 Å². The Morgan fingerprint density at radius 3 is 2.41 bits per heavy atom. The topological polar surface area (TPSA) is 133 Å². The molecule has 1 N–H and O–H groups in total. The normalized spacial score (nSPS) is 23.7. The average molecular weight is 772 g/mol. The summed E-state index contributed by atoms with van der Waals surface area (Å²) in [5, 5.41) is 0.750. The number of rotatable bonds is 8. The third-order valence-corrected chi connectivity index (χ3v) is 14.5. The lowest BCUT2D eigenvalue weighted by molar-refractivity contribution is -0.137. The van der Waals surface area contributed by atoms with E-state index in [0.717, 1.165) is 48.3 Å². The Morgan fingerprint density at radius 2 is 1.74 bits per heavy atom. The van der Waals surface area contributed by atoms with Crippen LogP contribution < -0.4 is 20.1 Å². The number of halogens is 3. The molecule has 1 aromatic heterocycles. The van der Waals surface area contributed by atoms with Gasteiger partial charge in [-0.25, -0.2) is 17.9 Å². The second-order valence-corrected chi connectivity index (χ2v) is 18.1. The number of benzene rings is 2. The molecule has 290 valence electrons. The van der Waals surface area contributed by atoms with Crippen molar-refractivity contribution in [1.29, 1.82) is 0 Å². The molecule has 4 heterocycles. The predicted molar refractivity (Wildman–Crippen MR) is 195 cm³/mol. The molecule has 3 atom stereocenters. The second-order valence-electron chi connectivity index (χ2n) is 15.9. The summed E-state index contributed by atoms with van der Waals surface area (Å²) in [6, 6.07) is 6.03. The smallest absolute Gasteiger partial charge is 0.417 e. The Balaban J connectivity index is 1.12. The molecule has 2 aromatic carbocycles. The first-order valence-corrected chi connectivity index (χ1v) is 19.9. The number of hydrogen-bond acceptors (Lipinski definition) is 10. The van der Waals surface area contributed by atoms with Crippen LogP contribution in [0, 0.1) is 18.8 Å². The number of anilines is 2. The first-order valence-electron chi connectivity index (χ1n) is 18.4. The Hall–Kier alpha value is -4.15. The molecule has 12 nitrogen and oxygen atoms in total. The van der Waals surface area contributed by atoms with Crippen molar-refractivity contribution in [1.82, 2.24) is 14.5 Å². The summed E-state index contributed by atoms with van der Waals surface area (Å²) in [6.45, 7) is 7.04. The second kappa shape index (κ2) is 13.0. The number of carbonyl (C=O) groups is 2. The van der Waals surface area contributed by atoms with Crippen LogP contribution >= 0.6 is 0 Å². The molecule has 16 heteroatoms. The first kappa shape index (κ1) is 36.8. The van der Waals surface area contributed by atoms with Gasteiger partial charge in [-0.2, -0.15) is 13.2 Å². The van der Waals surface area contributed by atoms with E-state index in [1.807, 2.05) is 23.8 Å². The van der Waals surface area contributed by atoms with Crippen molar-refractivity contribution in [3.63, 3.8) is 0 Å². The molecular weight excluding hydrogens is 728 g/mol. The lowest BCUT2D eigenvalue weighted by Gasteiger charge is -2.41. The number of nitrogens with one attached hydrogen (secondary N) is 1. The molecule has 3 aliphatic heterocycles. The van der Waals surface area contributed by atoms with E-state index in [0.29, 0.717) is 31.3 Å². The van der Waals surface area contributed by atoms with E-state index >= 15 is 0 Å². The highest BCUT2D eigenvalue weighted by atomic mass is 32.2. The van der Waals surface area contributed by atoms with Crippen molar-refractivity contribution in [2.24, 2.45) is 11.8 Å². The zero-order valence-electron chi connectivity index (χ0n) is 30.7. The standard InChI is InChI=1S/C38H44F3N5O7S/c1-21-30(44-12-11-43(3)25(18-44)20-52-4)6-5-27-26-7-10-45(19-28(26)36(49)53-33(21)27)35(48)22-14-29(38(39,40)41)32(31(15-22)46-16-23-13-24(23)17-46)34(47)42-54(50,51)37(2)8-9-37/h5-6,14-15,23-25H,7-13,16-20H2,1-4H3,(H,42,47)/t23?,24?,25-/m1/s1. The predicted octanol–water partition coefficient (Wildman–Crippen LogP) is 4.15. The van der Waals surface area contributed by atoms with Crippen LogP contribution in [0.25, 0.3) is 11.0 Å². The van der Waals surface area contributed by atoms with Crippen LogP contribution in [0.2, 0.25) is 0 Å². The quantitative estimate of drug-likeness (QED) is 0.333. The molecule has 2 aliphatic carbocycles. The van der Waals surface area contributed by atoms with Crippen molar-refractivity contribution >= 4 is 44.2 Å². The Bertz CT molecular complexity index is 2230. The number of hydrogen-bond donors (Lipinski definition) is 1. The molecule has 0 spiro atoms. The summed E-state index contributed by atoms with van der Waals surface area (Å²) in [5.74, 6) is -1.61. The molecule has 3 aromatic rings. The van der Waals surface area contributed by atoms with Gasteiger partial charge in [-0.15, -0.1) is 0 Å². The molecule has 5 aliphatic rings. The number of amides is 2. The van der Waals surface area contributed by atoms with E-state index in [1.54, 1.807) is 12.0 Å². The number of piperazine rings is 1. The third-order valence-electron chi connectivity index (χ3n) is 12.3. The Labute approximate surface area is 311 Å². The maximum absolute atomic E-state index is 14.8. The molecule has 54 heavy (non-hydrogen) atoms. The van der Waals surface area contributed by atoms with Crippen LogP contribution in [0.5, 0.6) is 0 Å². The fourth-order valence-corrected chi connectivity index (χ4v) is 9.72. The molecule has 4 fully saturated rings. The van der Waals surface area contributed by atoms with Crippen LogP contribution in [0.3, 0.4) is 0 Å². The zero-order chi connectivity index (χ0) is 38.5. The van der Waals surface area contributed by atoms with Gasteiger partial charge in [-0.3, -0.25) is 14.5 Å². The number of alkyl halides is 3. The Morgan fingerprint density at radius 1 is 1.02 bits per heavy atom. The molecular formula is C38H44F3N5O7S. The lowest BCUT2D eigenvalue weighted by atomic mass is 9.94. The summed E-state index contributed by atoms with van der Waals surface area (Å²) in [5.41, 5.74) is -0.00991. The first-order chi connectivity index (χ1) is 25.5. The minimum Gasteiger partial charge on any atom is -0.422 e.